The molecule has 5 rings (SSSR count). The fourth-order valence-corrected chi connectivity index (χ4v) is 6.15. The van der Waals surface area contributed by atoms with Gasteiger partial charge in [-0.1, -0.05) is 49.4 Å². The molecule has 0 aromatic heterocycles. The zero-order valence-electron chi connectivity index (χ0n) is 18.8. The second-order valence-electron chi connectivity index (χ2n) is 8.82. The summed E-state index contributed by atoms with van der Waals surface area (Å²) in [6, 6.07) is 7.34. The molecule has 4 aliphatic rings. The van der Waals surface area contributed by atoms with E-state index < -0.39 is 11.6 Å². The number of carbonyl (C=O) groups is 2. The molecule has 1 aromatic carbocycles. The summed E-state index contributed by atoms with van der Waals surface area (Å²) in [5.74, 6) is 1.09. The number of Topliss-reactive ketones (excluding diaryl/α,β-unsaturated/α-hetero) is 2. The zero-order chi connectivity index (χ0) is 22.7. The van der Waals surface area contributed by atoms with Crippen molar-refractivity contribution in [2.24, 2.45) is 5.92 Å². The number of ketones is 2. The van der Waals surface area contributed by atoms with Crippen molar-refractivity contribution >= 4 is 29.1 Å². The van der Waals surface area contributed by atoms with Gasteiger partial charge < -0.3 is 14.7 Å². The lowest BCUT2D eigenvalue weighted by atomic mass is 9.89. The van der Waals surface area contributed by atoms with Crippen LogP contribution in [0, 0.1) is 5.92 Å². The van der Waals surface area contributed by atoms with Gasteiger partial charge in [-0.25, -0.2) is 0 Å². The van der Waals surface area contributed by atoms with E-state index in [0.717, 1.165) is 63.7 Å². The maximum atomic E-state index is 12.6. The highest BCUT2D eigenvalue weighted by Crippen LogP contribution is 2.47. The number of hydrogen-bond donors (Lipinski definition) is 1. The number of allylic oxidation sites excluding steroid dienone is 4. The Bertz CT molecular complexity index is 985. The summed E-state index contributed by atoms with van der Waals surface area (Å²) in [6.45, 7) is 5.39. The van der Waals surface area contributed by atoms with Crippen LogP contribution in [0.25, 0.3) is 5.76 Å². The van der Waals surface area contributed by atoms with Crippen LogP contribution < -0.4 is 0 Å². The van der Waals surface area contributed by atoms with E-state index in [4.69, 9.17) is 9.84 Å². The van der Waals surface area contributed by atoms with Gasteiger partial charge in [0.05, 0.1) is 0 Å². The maximum absolute atomic E-state index is 12.6. The molecule has 1 N–H and O–H groups in total. The molecule has 1 fully saturated rings. The number of carbonyl (C=O) groups excluding carboxylic acids is 2. The molecule has 2 aliphatic heterocycles. The number of aliphatic hydroxyl groups is 1. The van der Waals surface area contributed by atoms with Crippen LogP contribution in [0.2, 0.25) is 0 Å². The molecule has 0 amide bonds. The Morgan fingerprint density at radius 1 is 1.09 bits per heavy atom. The van der Waals surface area contributed by atoms with Gasteiger partial charge >= 0.3 is 0 Å². The highest BCUT2D eigenvalue weighted by molar-refractivity contribution is 8.04. The van der Waals surface area contributed by atoms with Gasteiger partial charge in [-0.05, 0) is 24.3 Å². The van der Waals surface area contributed by atoms with Gasteiger partial charge in [0.25, 0.3) is 0 Å². The predicted molar refractivity (Wildman–Crippen MR) is 128 cm³/mol. The Hall–Kier alpha value is -2.15. The van der Waals surface area contributed by atoms with E-state index in [1.165, 1.54) is 17.3 Å². The van der Waals surface area contributed by atoms with E-state index in [1.54, 1.807) is 12.1 Å². The van der Waals surface area contributed by atoms with Crippen molar-refractivity contribution in [2.45, 2.75) is 38.2 Å². The monoisotopic (exact) mass is 453 g/mol. The highest BCUT2D eigenvalue weighted by Gasteiger charge is 2.45. The molecule has 1 aromatic rings. The van der Waals surface area contributed by atoms with Crippen molar-refractivity contribution in [3.8, 4) is 0 Å². The highest BCUT2D eigenvalue weighted by atomic mass is 32.2. The summed E-state index contributed by atoms with van der Waals surface area (Å²) < 4.78 is 6.57. The molecule has 1 saturated heterocycles. The number of hydrogen-bond acceptors (Lipinski definition) is 6. The average molecular weight is 454 g/mol. The standard InChI is InChI=1S/C25H27NO3S.CH4O/c1-17(18-7-3-2-4-8-18)15-26-13-11-25(12-14-26)16-30-24-22(28)21(27)19-9-5-6-10-20(19)23(24)29-25;1-2/h3,5-10,17H,2,4,11-16H2,1H3;2H,1H3. The molecule has 2 heterocycles. The van der Waals surface area contributed by atoms with Crippen molar-refractivity contribution < 1.29 is 19.4 Å². The smallest absolute Gasteiger partial charge is 0.243 e. The number of benzene rings is 1. The zero-order valence-corrected chi connectivity index (χ0v) is 19.6. The number of aliphatic hydroxyl groups excluding tert-OH is 1. The largest absolute Gasteiger partial charge is 0.484 e. The van der Waals surface area contributed by atoms with Gasteiger partial charge in [-0.2, -0.15) is 0 Å². The first kappa shape index (κ1) is 23.0. The van der Waals surface area contributed by atoms with Crippen LogP contribution >= 0.6 is 11.8 Å². The second kappa shape index (κ2) is 9.77. The fourth-order valence-electron chi connectivity index (χ4n) is 4.89. The van der Waals surface area contributed by atoms with Gasteiger partial charge in [0, 0.05) is 56.5 Å². The normalized spacial score (nSPS) is 22.9. The number of nitrogens with zero attached hydrogens (tertiary/aromatic N) is 1. The summed E-state index contributed by atoms with van der Waals surface area (Å²) in [6.07, 6.45) is 11.2. The third-order valence-electron chi connectivity index (χ3n) is 6.73. The van der Waals surface area contributed by atoms with Crippen LogP contribution in [0.5, 0.6) is 0 Å². The van der Waals surface area contributed by atoms with Crippen molar-refractivity contribution in [3.05, 3.63) is 64.1 Å². The number of rotatable bonds is 3. The minimum Gasteiger partial charge on any atom is -0.484 e. The molecule has 1 atom stereocenters. The summed E-state index contributed by atoms with van der Waals surface area (Å²) in [5, 5.41) is 7.00. The SMILES string of the molecule is CC(CN1CCC2(CC1)CSC1=C(O2)c2ccccc2C(=O)C1=O)C1=CCCC=C1.CO. The molecule has 5 nitrogen and oxygen atoms in total. The molecular weight excluding hydrogens is 422 g/mol. The van der Waals surface area contributed by atoms with Crippen LogP contribution in [0.3, 0.4) is 0 Å². The van der Waals surface area contributed by atoms with E-state index in [1.807, 2.05) is 12.1 Å². The fraction of sp³-hybridized carbons (Fsp3) is 0.462. The number of piperidine rings is 1. The molecule has 32 heavy (non-hydrogen) atoms. The Kier molecular flexibility index (Phi) is 7.03. The third-order valence-corrected chi connectivity index (χ3v) is 8.06. The lowest BCUT2D eigenvalue weighted by molar-refractivity contribution is -0.111. The Labute approximate surface area is 194 Å². The first-order valence-electron chi connectivity index (χ1n) is 11.3. The van der Waals surface area contributed by atoms with E-state index >= 15 is 0 Å². The lowest BCUT2D eigenvalue weighted by Crippen LogP contribution is -2.50. The first-order chi connectivity index (χ1) is 15.6. The summed E-state index contributed by atoms with van der Waals surface area (Å²) in [7, 11) is 1.00. The molecule has 1 unspecified atom stereocenters. The van der Waals surface area contributed by atoms with E-state index in [-0.39, 0.29) is 5.60 Å². The second-order valence-corrected chi connectivity index (χ2v) is 9.81. The van der Waals surface area contributed by atoms with Crippen molar-refractivity contribution in [1.82, 2.24) is 4.90 Å². The molecule has 1 spiro atoms. The van der Waals surface area contributed by atoms with E-state index in [9.17, 15) is 9.59 Å². The molecule has 170 valence electrons. The maximum Gasteiger partial charge on any atom is 0.243 e. The quantitative estimate of drug-likeness (QED) is 0.691. The minimum atomic E-state index is -0.413. The van der Waals surface area contributed by atoms with Crippen molar-refractivity contribution in [1.29, 1.82) is 0 Å². The minimum absolute atomic E-state index is 0.249. The van der Waals surface area contributed by atoms with Crippen LogP contribution in [0.15, 0.2) is 53.0 Å². The Balaban J connectivity index is 0.00000119. The molecule has 2 aliphatic carbocycles. The van der Waals surface area contributed by atoms with E-state index in [2.05, 4.69) is 30.1 Å². The molecule has 0 radical (unpaired) electrons. The Morgan fingerprint density at radius 3 is 2.50 bits per heavy atom. The van der Waals surface area contributed by atoms with Gasteiger partial charge in [0.1, 0.15) is 16.3 Å². The van der Waals surface area contributed by atoms with E-state index in [0.29, 0.717) is 22.1 Å². The molecule has 0 bridgehead atoms. The number of fused-ring (bicyclic) bond motifs is 2. The van der Waals surface area contributed by atoms with Crippen molar-refractivity contribution in [2.75, 3.05) is 32.5 Å². The van der Waals surface area contributed by atoms with Crippen LogP contribution in [0.4, 0.5) is 0 Å². The number of thioether (sulfide) groups is 1. The first-order valence-corrected chi connectivity index (χ1v) is 12.3. The summed E-state index contributed by atoms with van der Waals surface area (Å²) in [5.41, 5.74) is 2.46. The molecule has 0 saturated carbocycles. The average Bonchev–Trinajstić information content (AvgIpc) is 2.86. The Morgan fingerprint density at radius 2 is 1.81 bits per heavy atom. The summed E-state index contributed by atoms with van der Waals surface area (Å²) >= 11 is 1.51. The van der Waals surface area contributed by atoms with Gasteiger partial charge in [-0.15, -0.1) is 11.8 Å². The number of ether oxygens (including phenoxy) is 1. The number of likely N-dealkylation sites (tertiary alicyclic amines) is 1. The van der Waals surface area contributed by atoms with Gasteiger partial charge in [0.15, 0.2) is 0 Å². The van der Waals surface area contributed by atoms with Gasteiger partial charge in [0.2, 0.25) is 11.6 Å². The van der Waals surface area contributed by atoms with Crippen molar-refractivity contribution in [3.63, 3.8) is 0 Å². The van der Waals surface area contributed by atoms with Crippen LogP contribution in [0.1, 0.15) is 48.5 Å². The lowest BCUT2D eigenvalue weighted by Gasteiger charge is -2.45. The molecular formula is C26H31NO4S. The van der Waals surface area contributed by atoms with Gasteiger partial charge in [-0.3, -0.25) is 9.59 Å². The predicted octanol–water partition coefficient (Wildman–Crippen LogP) is 4.24. The van der Waals surface area contributed by atoms with Crippen LogP contribution in [-0.2, 0) is 9.53 Å². The topological polar surface area (TPSA) is 66.8 Å². The third kappa shape index (κ3) is 4.36. The molecule has 6 heteroatoms. The summed E-state index contributed by atoms with van der Waals surface area (Å²) in [4.78, 5) is 28.1. The van der Waals surface area contributed by atoms with Crippen LogP contribution in [-0.4, -0.2) is 59.7 Å².